The van der Waals surface area contributed by atoms with E-state index in [1.807, 2.05) is 73.7 Å². The Kier molecular flexibility index (Phi) is 9.31. The molecule has 6 aromatic rings. The van der Waals surface area contributed by atoms with Crippen molar-refractivity contribution in [2.75, 3.05) is 18.5 Å². The number of aliphatic hydroxyl groups is 1. The van der Waals surface area contributed by atoms with Gasteiger partial charge in [0.1, 0.15) is 0 Å². The molecule has 0 radical (unpaired) electrons. The zero-order valence-corrected chi connectivity index (χ0v) is 26.2. The van der Waals surface area contributed by atoms with Gasteiger partial charge in [0.05, 0.1) is 6.61 Å². The van der Waals surface area contributed by atoms with Crippen molar-refractivity contribution in [3.05, 3.63) is 149 Å². The first-order chi connectivity index (χ1) is 22.9. The molecule has 0 aliphatic carbocycles. The van der Waals surface area contributed by atoms with Crippen LogP contribution >= 0.6 is 0 Å². The second-order valence-electron chi connectivity index (χ2n) is 11.4. The second kappa shape index (κ2) is 14.1. The Labute approximate surface area is 273 Å². The second-order valence-corrected chi connectivity index (χ2v) is 11.4. The highest BCUT2D eigenvalue weighted by atomic mass is 16.5. The molecule has 0 atom stereocenters. The summed E-state index contributed by atoms with van der Waals surface area (Å²) in [7, 11) is 0. The minimum absolute atomic E-state index is 0.170. The molecule has 0 bridgehead atoms. The highest BCUT2D eigenvalue weighted by Crippen LogP contribution is 2.27. The molecular formula is C39H34N4O4. The van der Waals surface area contributed by atoms with Crippen LogP contribution in [-0.4, -0.2) is 45.1 Å². The smallest absolute Gasteiger partial charge is 0.258 e. The zero-order chi connectivity index (χ0) is 32.8. The molecule has 0 unspecified atom stereocenters. The quantitative estimate of drug-likeness (QED) is 0.163. The molecule has 0 aliphatic heterocycles. The Morgan fingerprint density at radius 3 is 2.02 bits per heavy atom. The fourth-order valence-corrected chi connectivity index (χ4v) is 5.27. The normalized spacial score (nSPS) is 10.9. The third-order valence-electron chi connectivity index (χ3n) is 7.96. The molecule has 0 aliphatic rings. The maximum Gasteiger partial charge on any atom is 0.258 e. The lowest BCUT2D eigenvalue weighted by molar-refractivity contribution is 0.0708. The van der Waals surface area contributed by atoms with Crippen molar-refractivity contribution in [1.29, 1.82) is 0 Å². The number of aliphatic hydroxyl groups excluding tert-OH is 1. The fraction of sp³-hybridized carbons (Fsp3) is 0.128. The summed E-state index contributed by atoms with van der Waals surface area (Å²) in [5, 5.41) is 16.7. The van der Waals surface area contributed by atoms with Crippen molar-refractivity contribution in [2.24, 2.45) is 0 Å². The molecule has 8 heteroatoms. The molecule has 8 nitrogen and oxygen atoms in total. The number of benzene rings is 5. The highest BCUT2D eigenvalue weighted by Gasteiger charge is 2.17. The van der Waals surface area contributed by atoms with Crippen molar-refractivity contribution in [3.63, 3.8) is 0 Å². The van der Waals surface area contributed by atoms with Gasteiger partial charge in [-0.1, -0.05) is 89.6 Å². The van der Waals surface area contributed by atoms with E-state index in [9.17, 15) is 14.7 Å². The van der Waals surface area contributed by atoms with Gasteiger partial charge in [-0.2, -0.15) is 4.98 Å². The molecular weight excluding hydrogens is 588 g/mol. The minimum atomic E-state index is -0.226. The van der Waals surface area contributed by atoms with Gasteiger partial charge < -0.3 is 19.8 Å². The molecule has 0 fully saturated rings. The Bertz CT molecular complexity index is 1980. The molecule has 47 heavy (non-hydrogen) atoms. The number of carbonyl (C=O) groups excluding carboxylic acids is 2. The van der Waals surface area contributed by atoms with Gasteiger partial charge >= 0.3 is 0 Å². The minimum Gasteiger partial charge on any atom is -0.395 e. The standard InChI is InChI=1S/C39H34N4O4/c1-26-7-11-29(12-8-26)30-15-17-32(18-16-30)38-41-36(42-47-38)31-13-9-28(10-14-31)25-43(23-24-44)39(46)33-19-21-34(22-20-33)40-37(45)35-6-4-3-5-27(35)2/h3-22,44H,23-25H2,1-2H3,(H,40,45). The summed E-state index contributed by atoms with van der Waals surface area (Å²) >= 11 is 0. The van der Waals surface area contributed by atoms with Gasteiger partial charge in [0.2, 0.25) is 5.82 Å². The summed E-state index contributed by atoms with van der Waals surface area (Å²) in [6, 6.07) is 38.1. The van der Waals surface area contributed by atoms with E-state index in [4.69, 9.17) is 4.52 Å². The average molecular weight is 623 g/mol. The molecule has 0 saturated carbocycles. The molecule has 2 N–H and O–H groups in total. The van der Waals surface area contributed by atoms with Crippen LogP contribution in [0.3, 0.4) is 0 Å². The maximum atomic E-state index is 13.4. The van der Waals surface area contributed by atoms with Crippen LogP contribution in [0.5, 0.6) is 0 Å². The van der Waals surface area contributed by atoms with Crippen molar-refractivity contribution < 1.29 is 19.2 Å². The van der Waals surface area contributed by atoms with E-state index in [1.54, 1.807) is 35.2 Å². The van der Waals surface area contributed by atoms with Crippen LogP contribution in [0.2, 0.25) is 0 Å². The van der Waals surface area contributed by atoms with Gasteiger partial charge in [0, 0.05) is 41.0 Å². The Hall–Kier alpha value is -5.86. The van der Waals surface area contributed by atoms with Crippen LogP contribution in [0.1, 0.15) is 37.4 Å². The number of carbonyl (C=O) groups is 2. The summed E-state index contributed by atoms with van der Waals surface area (Å²) in [5.74, 6) is 0.459. The fourth-order valence-electron chi connectivity index (χ4n) is 5.27. The number of aryl methyl sites for hydroxylation is 2. The SMILES string of the molecule is Cc1ccc(-c2ccc(-c3nc(-c4ccc(CN(CCO)C(=O)c5ccc(NC(=O)c6ccccc6C)cc5)cc4)no3)cc2)cc1. The van der Waals surface area contributed by atoms with Gasteiger partial charge in [0.15, 0.2) is 0 Å². The van der Waals surface area contributed by atoms with Crippen molar-refractivity contribution in [2.45, 2.75) is 20.4 Å². The number of rotatable bonds is 10. The van der Waals surface area contributed by atoms with Crippen molar-refractivity contribution >= 4 is 17.5 Å². The zero-order valence-electron chi connectivity index (χ0n) is 26.2. The predicted molar refractivity (Wildman–Crippen MR) is 183 cm³/mol. The number of anilines is 1. The van der Waals surface area contributed by atoms with Crippen LogP contribution in [0.25, 0.3) is 34.0 Å². The Balaban J connectivity index is 1.09. The van der Waals surface area contributed by atoms with Crippen LogP contribution in [0, 0.1) is 13.8 Å². The molecule has 2 amide bonds. The Morgan fingerprint density at radius 2 is 1.36 bits per heavy atom. The predicted octanol–water partition coefficient (Wildman–Crippen LogP) is 7.57. The molecule has 1 heterocycles. The number of nitrogens with zero attached hydrogens (tertiary/aromatic N) is 3. The lowest BCUT2D eigenvalue weighted by Gasteiger charge is -2.22. The van der Waals surface area contributed by atoms with Crippen molar-refractivity contribution in [1.82, 2.24) is 15.0 Å². The van der Waals surface area contributed by atoms with E-state index in [0.717, 1.165) is 33.4 Å². The topological polar surface area (TPSA) is 109 Å². The average Bonchev–Trinajstić information content (AvgIpc) is 3.60. The van der Waals surface area contributed by atoms with Gasteiger partial charge in [0.25, 0.3) is 17.7 Å². The summed E-state index contributed by atoms with van der Waals surface area (Å²) in [4.78, 5) is 32.2. The number of hydrogen-bond acceptors (Lipinski definition) is 6. The van der Waals surface area contributed by atoms with E-state index in [0.29, 0.717) is 35.1 Å². The number of hydrogen-bond donors (Lipinski definition) is 2. The molecule has 234 valence electrons. The largest absolute Gasteiger partial charge is 0.395 e. The van der Waals surface area contributed by atoms with Crippen LogP contribution in [-0.2, 0) is 6.54 Å². The molecule has 6 rings (SSSR count). The first-order valence-corrected chi connectivity index (χ1v) is 15.4. The number of nitrogens with one attached hydrogen (secondary N) is 1. The van der Waals surface area contributed by atoms with Crippen LogP contribution in [0.4, 0.5) is 5.69 Å². The van der Waals surface area contributed by atoms with E-state index >= 15 is 0 Å². The third-order valence-corrected chi connectivity index (χ3v) is 7.96. The van der Waals surface area contributed by atoms with Gasteiger partial charge in [-0.25, -0.2) is 0 Å². The van der Waals surface area contributed by atoms with E-state index < -0.39 is 0 Å². The lowest BCUT2D eigenvalue weighted by Crippen LogP contribution is -2.33. The van der Waals surface area contributed by atoms with E-state index in [2.05, 4.69) is 46.6 Å². The molecule has 0 spiro atoms. The monoisotopic (exact) mass is 622 g/mol. The molecule has 5 aromatic carbocycles. The Morgan fingerprint density at radius 1 is 0.745 bits per heavy atom. The molecule has 1 aromatic heterocycles. The molecule has 0 saturated heterocycles. The first-order valence-electron chi connectivity index (χ1n) is 15.4. The highest BCUT2D eigenvalue weighted by molar-refractivity contribution is 6.05. The summed E-state index contributed by atoms with van der Waals surface area (Å²) in [6.45, 7) is 4.25. The number of amides is 2. The van der Waals surface area contributed by atoms with Gasteiger partial charge in [-0.15, -0.1) is 0 Å². The van der Waals surface area contributed by atoms with E-state index in [1.165, 1.54) is 5.56 Å². The van der Waals surface area contributed by atoms with Gasteiger partial charge in [-0.05, 0) is 78.6 Å². The summed E-state index contributed by atoms with van der Waals surface area (Å²) in [6.07, 6.45) is 0. The first kappa shape index (κ1) is 31.1. The van der Waals surface area contributed by atoms with Crippen molar-refractivity contribution in [3.8, 4) is 34.0 Å². The number of aromatic nitrogens is 2. The third kappa shape index (κ3) is 7.35. The summed E-state index contributed by atoms with van der Waals surface area (Å²) in [5.41, 5.74) is 8.48. The van der Waals surface area contributed by atoms with Gasteiger partial charge in [-0.3, -0.25) is 9.59 Å². The van der Waals surface area contributed by atoms with Crippen LogP contribution in [0.15, 0.2) is 126 Å². The lowest BCUT2D eigenvalue weighted by atomic mass is 10.0. The maximum absolute atomic E-state index is 13.4. The van der Waals surface area contributed by atoms with E-state index in [-0.39, 0.29) is 25.0 Å². The summed E-state index contributed by atoms with van der Waals surface area (Å²) < 4.78 is 5.57. The van der Waals surface area contributed by atoms with Crippen LogP contribution < -0.4 is 5.32 Å².